The largest absolute Gasteiger partial charge is 0.384 e. The van der Waals surface area contributed by atoms with Crippen molar-refractivity contribution in [3.8, 4) is 0 Å². The van der Waals surface area contributed by atoms with Gasteiger partial charge in [-0.1, -0.05) is 30.3 Å². The van der Waals surface area contributed by atoms with Crippen LogP contribution in [-0.2, 0) is 6.54 Å². The number of nitrogens with zero attached hydrogens (tertiary/aromatic N) is 2. The Morgan fingerprint density at radius 1 is 0.919 bits per heavy atom. The minimum absolute atomic E-state index is 0.0422. The average Bonchev–Trinajstić information content (AvgIpc) is 3.27. The molecule has 0 radical (unpaired) electrons. The summed E-state index contributed by atoms with van der Waals surface area (Å²) >= 11 is 1.96. The fourth-order valence-corrected chi connectivity index (χ4v) is 5.44. The predicted octanol–water partition coefficient (Wildman–Crippen LogP) is 3.88. The summed E-state index contributed by atoms with van der Waals surface area (Å²) in [5.41, 5.74) is 16.1. The van der Waals surface area contributed by atoms with E-state index >= 15 is 0 Å². The van der Waals surface area contributed by atoms with Crippen molar-refractivity contribution in [1.29, 1.82) is 5.41 Å². The van der Waals surface area contributed by atoms with E-state index in [1.807, 2.05) is 64.9 Å². The molecule has 0 saturated carbocycles. The first-order chi connectivity index (χ1) is 17.9. The number of amidine groups is 1. The lowest BCUT2D eigenvalue weighted by molar-refractivity contribution is 0.0997. The van der Waals surface area contributed by atoms with Crippen LogP contribution in [0.5, 0.6) is 0 Å². The number of nitrogen functional groups attached to an aromatic ring is 1. The number of carbonyl (C=O) groups excluding carboxylic acids is 2. The monoisotopic (exact) mass is 512 g/mol. The number of nitrogens with one attached hydrogen (secondary N) is 2. The third kappa shape index (κ3) is 5.31. The minimum Gasteiger partial charge on any atom is -0.384 e. The molecule has 1 aliphatic rings. The van der Waals surface area contributed by atoms with E-state index in [1.165, 1.54) is 0 Å². The van der Waals surface area contributed by atoms with Gasteiger partial charge in [0.05, 0.1) is 0 Å². The number of benzene rings is 3. The lowest BCUT2D eigenvalue weighted by atomic mass is 10.1. The molecule has 9 heteroatoms. The molecule has 1 aromatic heterocycles. The van der Waals surface area contributed by atoms with Gasteiger partial charge in [0, 0.05) is 64.5 Å². The molecule has 5 rings (SSSR count). The van der Waals surface area contributed by atoms with Gasteiger partial charge >= 0.3 is 0 Å². The highest BCUT2D eigenvalue weighted by Crippen LogP contribution is 2.26. The first-order valence-electron chi connectivity index (χ1n) is 12.0. The summed E-state index contributed by atoms with van der Waals surface area (Å²) in [7, 11) is 0. The molecule has 1 fully saturated rings. The topological polar surface area (TPSA) is 130 Å². The number of amides is 2. The van der Waals surface area contributed by atoms with E-state index in [1.54, 1.807) is 18.2 Å². The number of hydrogen-bond donors (Lipinski definition) is 4. The van der Waals surface area contributed by atoms with Crippen molar-refractivity contribution in [3.05, 3.63) is 95.2 Å². The normalized spacial score (nSPS) is 13.5. The van der Waals surface area contributed by atoms with E-state index in [2.05, 4.69) is 16.3 Å². The first kappa shape index (κ1) is 24.5. The Hall–Kier alpha value is -4.24. The van der Waals surface area contributed by atoms with Crippen molar-refractivity contribution in [3.63, 3.8) is 0 Å². The molecular weight excluding hydrogens is 484 g/mol. The van der Waals surface area contributed by atoms with E-state index < -0.39 is 5.91 Å². The van der Waals surface area contributed by atoms with Gasteiger partial charge < -0.3 is 26.3 Å². The summed E-state index contributed by atoms with van der Waals surface area (Å²) in [6, 6.07) is 22.2. The maximum Gasteiger partial charge on any atom is 0.272 e. The van der Waals surface area contributed by atoms with Gasteiger partial charge in [0.25, 0.3) is 5.91 Å². The van der Waals surface area contributed by atoms with Gasteiger partial charge in [-0.3, -0.25) is 15.0 Å². The Kier molecular flexibility index (Phi) is 6.87. The van der Waals surface area contributed by atoms with Crippen LogP contribution in [0.4, 0.5) is 11.4 Å². The lowest BCUT2D eigenvalue weighted by Gasteiger charge is -2.28. The van der Waals surface area contributed by atoms with Gasteiger partial charge in [-0.2, -0.15) is 11.8 Å². The Bertz CT molecular complexity index is 1490. The van der Waals surface area contributed by atoms with Crippen molar-refractivity contribution < 1.29 is 9.59 Å². The molecule has 4 aromatic rings. The summed E-state index contributed by atoms with van der Waals surface area (Å²) in [6.45, 7) is 2.37. The van der Waals surface area contributed by atoms with Gasteiger partial charge in [-0.25, -0.2) is 0 Å². The number of rotatable bonds is 7. The van der Waals surface area contributed by atoms with E-state index in [9.17, 15) is 9.59 Å². The molecular formula is C28H28N6O2S. The Labute approximate surface area is 219 Å². The number of nitrogens with two attached hydrogens (primary N) is 2. The Morgan fingerprint density at radius 3 is 2.35 bits per heavy atom. The Balaban J connectivity index is 1.49. The second kappa shape index (κ2) is 10.4. The third-order valence-corrected chi connectivity index (χ3v) is 7.45. The molecule has 2 amide bonds. The minimum atomic E-state index is -0.491. The highest BCUT2D eigenvalue weighted by Gasteiger charge is 2.18. The molecule has 8 nitrogen and oxygen atoms in total. The fraction of sp³-hybridized carbons (Fsp3) is 0.179. The zero-order valence-corrected chi connectivity index (χ0v) is 21.1. The highest BCUT2D eigenvalue weighted by atomic mass is 32.2. The van der Waals surface area contributed by atoms with Crippen LogP contribution in [0.25, 0.3) is 10.9 Å². The molecule has 2 heterocycles. The fourth-order valence-electron chi connectivity index (χ4n) is 4.53. The van der Waals surface area contributed by atoms with Crippen molar-refractivity contribution >= 4 is 51.7 Å². The molecule has 0 spiro atoms. The van der Waals surface area contributed by atoms with Crippen LogP contribution >= 0.6 is 11.8 Å². The van der Waals surface area contributed by atoms with Crippen LogP contribution in [0.1, 0.15) is 32.0 Å². The standard InChI is InChI=1S/C28H28N6O2S/c29-26(30)21-9-8-20-14-25(34(24(20)15-21)17-18-4-6-19(7-5-18)27(31)35)28(36)32-22-2-1-3-23(16-22)33-10-12-37-13-11-33/h1-9,14-16H,10-13,17H2,(H3,29,30)(H2,31,35)(H,32,36). The lowest BCUT2D eigenvalue weighted by Crippen LogP contribution is -2.32. The zero-order chi connectivity index (χ0) is 25.9. The molecule has 0 unspecified atom stereocenters. The smallest absolute Gasteiger partial charge is 0.272 e. The van der Waals surface area contributed by atoms with Crippen molar-refractivity contribution in [2.75, 3.05) is 34.8 Å². The number of fused-ring (bicyclic) bond motifs is 1. The van der Waals surface area contributed by atoms with Crippen molar-refractivity contribution in [2.24, 2.45) is 11.5 Å². The second-order valence-corrected chi connectivity index (χ2v) is 10.2. The van der Waals surface area contributed by atoms with Crippen LogP contribution in [-0.4, -0.2) is 46.8 Å². The maximum atomic E-state index is 13.6. The molecule has 6 N–H and O–H groups in total. The average molecular weight is 513 g/mol. The molecule has 188 valence electrons. The molecule has 37 heavy (non-hydrogen) atoms. The predicted molar refractivity (Wildman–Crippen MR) is 151 cm³/mol. The van der Waals surface area contributed by atoms with E-state index in [0.717, 1.165) is 52.4 Å². The summed E-state index contributed by atoms with van der Waals surface area (Å²) in [5.74, 6) is 1.42. The second-order valence-electron chi connectivity index (χ2n) is 8.97. The molecule has 0 aliphatic carbocycles. The number of aromatic nitrogens is 1. The highest BCUT2D eigenvalue weighted by molar-refractivity contribution is 7.99. The number of hydrogen-bond acceptors (Lipinski definition) is 5. The van der Waals surface area contributed by atoms with Crippen LogP contribution in [0.3, 0.4) is 0 Å². The van der Waals surface area contributed by atoms with Crippen molar-refractivity contribution in [1.82, 2.24) is 4.57 Å². The van der Waals surface area contributed by atoms with E-state index in [0.29, 0.717) is 23.4 Å². The molecule has 0 atom stereocenters. The van der Waals surface area contributed by atoms with Crippen LogP contribution in [0.15, 0.2) is 72.8 Å². The summed E-state index contributed by atoms with van der Waals surface area (Å²) in [6.07, 6.45) is 0. The van der Waals surface area contributed by atoms with Gasteiger partial charge in [-0.05, 0) is 48.0 Å². The first-order valence-corrected chi connectivity index (χ1v) is 13.1. The number of anilines is 2. The summed E-state index contributed by atoms with van der Waals surface area (Å²) < 4.78 is 1.90. The van der Waals surface area contributed by atoms with Crippen LogP contribution < -0.4 is 21.7 Å². The quantitative estimate of drug-likeness (QED) is 0.221. The number of carbonyl (C=O) groups is 2. The van der Waals surface area contributed by atoms with E-state index in [-0.39, 0.29) is 11.7 Å². The van der Waals surface area contributed by atoms with Gasteiger partial charge in [0.2, 0.25) is 5.91 Å². The van der Waals surface area contributed by atoms with Crippen molar-refractivity contribution in [2.45, 2.75) is 6.54 Å². The van der Waals surface area contributed by atoms with Gasteiger partial charge in [-0.15, -0.1) is 0 Å². The van der Waals surface area contributed by atoms with E-state index in [4.69, 9.17) is 16.9 Å². The zero-order valence-electron chi connectivity index (χ0n) is 20.2. The third-order valence-electron chi connectivity index (χ3n) is 6.51. The SMILES string of the molecule is N=C(N)c1ccc2cc(C(=O)Nc3cccc(N4CCSCC4)c3)n(Cc3ccc(C(N)=O)cc3)c2c1. The maximum absolute atomic E-state index is 13.6. The molecule has 3 aromatic carbocycles. The number of thioether (sulfide) groups is 1. The summed E-state index contributed by atoms with van der Waals surface area (Å²) in [4.78, 5) is 27.4. The van der Waals surface area contributed by atoms with Gasteiger partial charge in [0.15, 0.2) is 0 Å². The summed E-state index contributed by atoms with van der Waals surface area (Å²) in [5, 5.41) is 11.8. The van der Waals surface area contributed by atoms with Gasteiger partial charge in [0.1, 0.15) is 11.5 Å². The van der Waals surface area contributed by atoms with Crippen LogP contribution in [0.2, 0.25) is 0 Å². The van der Waals surface area contributed by atoms with Crippen LogP contribution in [0, 0.1) is 5.41 Å². The molecule has 0 bridgehead atoms. The number of primary amides is 1. The Morgan fingerprint density at radius 2 is 1.65 bits per heavy atom. The molecule has 1 saturated heterocycles. The molecule has 1 aliphatic heterocycles.